The number of carbonyl (C=O) groups is 2. The highest BCUT2D eigenvalue weighted by Gasteiger charge is 2.10. The highest BCUT2D eigenvalue weighted by atomic mass is 35.5. The molecule has 0 radical (unpaired) electrons. The van der Waals surface area contributed by atoms with Gasteiger partial charge in [-0.3, -0.25) is 9.59 Å². The lowest BCUT2D eigenvalue weighted by Crippen LogP contribution is -2.36. The third-order valence-electron chi connectivity index (χ3n) is 3.27. The number of carbonyl (C=O) groups excluding carboxylic acids is 2. The van der Waals surface area contributed by atoms with Crippen molar-refractivity contribution >= 4 is 23.4 Å². The molecule has 2 N–H and O–H groups in total. The maximum Gasteiger partial charge on any atom is 0.253 e. The Morgan fingerprint density at radius 1 is 1.00 bits per heavy atom. The third kappa shape index (κ3) is 4.33. The summed E-state index contributed by atoms with van der Waals surface area (Å²) in [5.74, 6) is -0.611. The minimum Gasteiger partial charge on any atom is -0.350 e. The van der Waals surface area contributed by atoms with Crippen LogP contribution in [0.2, 0.25) is 5.02 Å². The lowest BCUT2D eigenvalue weighted by atomic mass is 10.1. The third-order valence-corrected chi connectivity index (χ3v) is 3.59. The van der Waals surface area contributed by atoms with Crippen LogP contribution in [0.15, 0.2) is 48.5 Å². The molecule has 0 atom stereocenters. The van der Waals surface area contributed by atoms with Gasteiger partial charge in [-0.25, -0.2) is 0 Å². The summed E-state index contributed by atoms with van der Waals surface area (Å²) >= 11 is 5.93. The number of aryl methyl sites for hydroxylation is 1. The van der Waals surface area contributed by atoms with Crippen LogP contribution in [0.25, 0.3) is 0 Å². The molecule has 114 valence electrons. The Labute approximate surface area is 134 Å². The zero-order valence-corrected chi connectivity index (χ0v) is 13.0. The number of benzene rings is 2. The van der Waals surface area contributed by atoms with Crippen LogP contribution >= 0.6 is 11.6 Å². The summed E-state index contributed by atoms with van der Waals surface area (Å²) < 4.78 is 0. The second-order valence-corrected chi connectivity index (χ2v) is 5.27. The Kier molecular flexibility index (Phi) is 5.55. The number of hydrogen-bond donors (Lipinski definition) is 2. The van der Waals surface area contributed by atoms with Crippen molar-refractivity contribution < 1.29 is 9.59 Å². The van der Waals surface area contributed by atoms with Crippen LogP contribution < -0.4 is 10.6 Å². The SMILES string of the molecule is Cc1ccccc1CNC(=O)CNC(=O)c1ccccc1Cl. The van der Waals surface area contributed by atoms with Crippen molar-refractivity contribution in [3.63, 3.8) is 0 Å². The minimum absolute atomic E-state index is 0.0874. The van der Waals surface area contributed by atoms with Gasteiger partial charge in [-0.2, -0.15) is 0 Å². The average molecular weight is 317 g/mol. The molecule has 0 heterocycles. The normalized spacial score (nSPS) is 10.1. The smallest absolute Gasteiger partial charge is 0.253 e. The molecular weight excluding hydrogens is 300 g/mol. The van der Waals surface area contributed by atoms with Gasteiger partial charge in [-0.05, 0) is 30.2 Å². The number of halogens is 1. The highest BCUT2D eigenvalue weighted by molar-refractivity contribution is 6.33. The van der Waals surface area contributed by atoms with Crippen LogP contribution in [0.5, 0.6) is 0 Å². The molecule has 5 heteroatoms. The predicted octanol–water partition coefficient (Wildman–Crippen LogP) is 2.69. The molecule has 0 unspecified atom stereocenters. The van der Waals surface area contributed by atoms with Crippen LogP contribution in [-0.2, 0) is 11.3 Å². The first-order chi connectivity index (χ1) is 10.6. The lowest BCUT2D eigenvalue weighted by molar-refractivity contribution is -0.120. The second-order valence-electron chi connectivity index (χ2n) is 4.87. The minimum atomic E-state index is -0.364. The highest BCUT2D eigenvalue weighted by Crippen LogP contribution is 2.14. The van der Waals surface area contributed by atoms with E-state index in [9.17, 15) is 9.59 Å². The molecule has 4 nitrogen and oxygen atoms in total. The van der Waals surface area contributed by atoms with Gasteiger partial charge in [-0.1, -0.05) is 48.0 Å². The quantitative estimate of drug-likeness (QED) is 0.891. The lowest BCUT2D eigenvalue weighted by Gasteiger charge is -2.09. The van der Waals surface area contributed by atoms with Gasteiger partial charge in [0.25, 0.3) is 5.91 Å². The van der Waals surface area contributed by atoms with Gasteiger partial charge in [0, 0.05) is 6.54 Å². The van der Waals surface area contributed by atoms with Crippen LogP contribution in [-0.4, -0.2) is 18.4 Å². The topological polar surface area (TPSA) is 58.2 Å². The molecule has 2 rings (SSSR count). The van der Waals surface area contributed by atoms with Gasteiger partial charge >= 0.3 is 0 Å². The van der Waals surface area contributed by atoms with Gasteiger partial charge in [0.15, 0.2) is 0 Å². The fraction of sp³-hybridized carbons (Fsp3) is 0.176. The van der Waals surface area contributed by atoms with Gasteiger partial charge in [-0.15, -0.1) is 0 Å². The Morgan fingerprint density at radius 3 is 2.41 bits per heavy atom. The molecule has 0 spiro atoms. The summed E-state index contributed by atoms with van der Waals surface area (Å²) in [6, 6.07) is 14.5. The summed E-state index contributed by atoms with van der Waals surface area (Å²) in [6.07, 6.45) is 0. The average Bonchev–Trinajstić information content (AvgIpc) is 2.52. The van der Waals surface area contributed by atoms with Crippen molar-refractivity contribution in [2.24, 2.45) is 0 Å². The summed E-state index contributed by atoms with van der Waals surface area (Å²) in [5.41, 5.74) is 2.52. The maximum atomic E-state index is 11.9. The molecule has 2 aromatic rings. The Hall–Kier alpha value is -2.33. The Balaban J connectivity index is 1.82. The summed E-state index contributed by atoms with van der Waals surface area (Å²) in [7, 11) is 0. The van der Waals surface area contributed by atoms with E-state index in [1.165, 1.54) is 0 Å². The van der Waals surface area contributed by atoms with E-state index in [0.29, 0.717) is 17.1 Å². The number of hydrogen-bond acceptors (Lipinski definition) is 2. The van der Waals surface area contributed by atoms with E-state index in [4.69, 9.17) is 11.6 Å². The van der Waals surface area contributed by atoms with E-state index in [2.05, 4.69) is 10.6 Å². The molecule has 0 fully saturated rings. The fourth-order valence-electron chi connectivity index (χ4n) is 1.97. The van der Waals surface area contributed by atoms with Gasteiger partial charge < -0.3 is 10.6 Å². The Morgan fingerprint density at radius 2 is 1.68 bits per heavy atom. The van der Waals surface area contributed by atoms with Crippen molar-refractivity contribution in [3.05, 3.63) is 70.2 Å². The van der Waals surface area contributed by atoms with Crippen molar-refractivity contribution in [2.75, 3.05) is 6.54 Å². The monoisotopic (exact) mass is 316 g/mol. The van der Waals surface area contributed by atoms with Crippen molar-refractivity contribution in [1.82, 2.24) is 10.6 Å². The standard InChI is InChI=1S/C17H17ClN2O2/c1-12-6-2-3-7-13(12)10-19-16(21)11-20-17(22)14-8-4-5-9-15(14)18/h2-9H,10-11H2,1H3,(H,19,21)(H,20,22). The van der Waals surface area contributed by atoms with Crippen molar-refractivity contribution in [1.29, 1.82) is 0 Å². The molecule has 0 aliphatic carbocycles. The van der Waals surface area contributed by atoms with Gasteiger partial charge in [0.1, 0.15) is 0 Å². The summed E-state index contributed by atoms with van der Waals surface area (Å²) in [4.78, 5) is 23.7. The van der Waals surface area contributed by atoms with Gasteiger partial charge in [0.05, 0.1) is 17.1 Å². The number of rotatable bonds is 5. The largest absolute Gasteiger partial charge is 0.350 e. The molecule has 2 amide bonds. The molecule has 0 bridgehead atoms. The van der Waals surface area contributed by atoms with E-state index in [1.54, 1.807) is 24.3 Å². The molecule has 0 saturated carbocycles. The second kappa shape index (κ2) is 7.61. The van der Waals surface area contributed by atoms with Crippen LogP contribution in [0.3, 0.4) is 0 Å². The zero-order valence-electron chi connectivity index (χ0n) is 12.2. The van der Waals surface area contributed by atoms with E-state index < -0.39 is 0 Å². The number of nitrogens with one attached hydrogen (secondary N) is 2. The molecule has 2 aromatic carbocycles. The number of amides is 2. The Bertz CT molecular complexity index is 686. The molecule has 22 heavy (non-hydrogen) atoms. The zero-order chi connectivity index (χ0) is 15.9. The van der Waals surface area contributed by atoms with E-state index in [-0.39, 0.29) is 18.4 Å². The van der Waals surface area contributed by atoms with Crippen LogP contribution in [0.4, 0.5) is 0 Å². The maximum absolute atomic E-state index is 11.9. The summed E-state index contributed by atoms with van der Waals surface area (Å²) in [6.45, 7) is 2.34. The first-order valence-corrected chi connectivity index (χ1v) is 7.29. The first-order valence-electron chi connectivity index (χ1n) is 6.92. The molecule has 0 aliphatic heterocycles. The van der Waals surface area contributed by atoms with E-state index >= 15 is 0 Å². The van der Waals surface area contributed by atoms with E-state index in [0.717, 1.165) is 11.1 Å². The molecule has 0 aliphatic rings. The molecular formula is C17H17ClN2O2. The first kappa shape index (κ1) is 16.0. The van der Waals surface area contributed by atoms with Crippen molar-refractivity contribution in [2.45, 2.75) is 13.5 Å². The summed E-state index contributed by atoms with van der Waals surface area (Å²) in [5, 5.41) is 5.69. The van der Waals surface area contributed by atoms with E-state index in [1.807, 2.05) is 31.2 Å². The van der Waals surface area contributed by atoms with Crippen LogP contribution in [0.1, 0.15) is 21.5 Å². The predicted molar refractivity (Wildman–Crippen MR) is 86.8 cm³/mol. The van der Waals surface area contributed by atoms with Crippen molar-refractivity contribution in [3.8, 4) is 0 Å². The molecule has 0 saturated heterocycles. The fourth-order valence-corrected chi connectivity index (χ4v) is 2.19. The molecule has 0 aromatic heterocycles. The van der Waals surface area contributed by atoms with Crippen LogP contribution in [0, 0.1) is 6.92 Å². The van der Waals surface area contributed by atoms with Gasteiger partial charge in [0.2, 0.25) is 5.91 Å².